The molecular weight excluding hydrogens is 192 g/mol. The maximum Gasteiger partial charge on any atom is 0.0562 e. The van der Waals surface area contributed by atoms with Gasteiger partial charge in [-0.05, 0) is 18.4 Å². The van der Waals surface area contributed by atoms with Gasteiger partial charge >= 0.3 is 0 Å². The van der Waals surface area contributed by atoms with Crippen LogP contribution in [0.25, 0.3) is 0 Å². The molecule has 0 radical (unpaired) electrons. The second kappa shape index (κ2) is 5.21. The highest BCUT2D eigenvalue weighted by molar-refractivity contribution is 5.36. The zero-order chi connectivity index (χ0) is 11.3. The van der Waals surface area contributed by atoms with Crippen molar-refractivity contribution in [1.82, 2.24) is 0 Å². The van der Waals surface area contributed by atoms with E-state index in [0.717, 1.165) is 6.42 Å². The van der Waals surface area contributed by atoms with Gasteiger partial charge in [0.25, 0.3) is 0 Å². The molecule has 1 fully saturated rings. The van der Waals surface area contributed by atoms with Crippen molar-refractivity contribution in [2.24, 2.45) is 0 Å². The molecule has 16 heavy (non-hydrogen) atoms. The van der Waals surface area contributed by atoms with Gasteiger partial charge in [0, 0.05) is 6.42 Å². The Morgan fingerprint density at radius 2 is 1.75 bits per heavy atom. The third-order valence-electron chi connectivity index (χ3n) is 3.54. The van der Waals surface area contributed by atoms with Gasteiger partial charge in [0.05, 0.1) is 5.41 Å². The fraction of sp³-hybridized carbons (Fsp3) is 0.500. The summed E-state index contributed by atoms with van der Waals surface area (Å²) in [6, 6.07) is 10.9. The zero-order valence-corrected chi connectivity index (χ0v) is 10.1. The van der Waals surface area contributed by atoms with Crippen molar-refractivity contribution in [2.75, 3.05) is 0 Å². The lowest BCUT2D eigenvalue weighted by molar-refractivity contribution is 0.369. The quantitative estimate of drug-likeness (QED) is 0.609. The van der Waals surface area contributed by atoms with E-state index >= 15 is 0 Å². The van der Waals surface area contributed by atoms with Crippen molar-refractivity contribution in [3.05, 3.63) is 35.9 Å². The molecule has 0 aliphatic heterocycles. The number of benzene rings is 1. The molecule has 0 bridgehead atoms. The van der Waals surface area contributed by atoms with Crippen LogP contribution < -0.4 is 0 Å². The summed E-state index contributed by atoms with van der Waals surface area (Å²) in [5.74, 6) is 6.86. The van der Waals surface area contributed by atoms with E-state index in [0.29, 0.717) is 0 Å². The first-order chi connectivity index (χ1) is 7.87. The number of hydrogen-bond acceptors (Lipinski definition) is 0. The Morgan fingerprint density at radius 3 is 2.38 bits per heavy atom. The summed E-state index contributed by atoms with van der Waals surface area (Å²) in [5.41, 5.74) is 1.59. The van der Waals surface area contributed by atoms with Crippen molar-refractivity contribution in [2.45, 2.75) is 50.9 Å². The van der Waals surface area contributed by atoms with E-state index < -0.39 is 0 Å². The van der Waals surface area contributed by atoms with Gasteiger partial charge in [0.1, 0.15) is 0 Å². The lowest BCUT2D eigenvalue weighted by Crippen LogP contribution is -2.27. The molecule has 1 aliphatic rings. The summed E-state index contributed by atoms with van der Waals surface area (Å²) in [5, 5.41) is 0. The van der Waals surface area contributed by atoms with E-state index in [1.54, 1.807) is 0 Å². The molecule has 2 rings (SSSR count). The molecule has 0 aromatic heterocycles. The van der Waals surface area contributed by atoms with Crippen LogP contribution in [-0.4, -0.2) is 0 Å². The van der Waals surface area contributed by atoms with Gasteiger partial charge in [-0.1, -0.05) is 62.4 Å². The minimum Gasteiger partial charge on any atom is -0.103 e. The third kappa shape index (κ3) is 2.30. The van der Waals surface area contributed by atoms with Crippen LogP contribution in [0.5, 0.6) is 0 Å². The standard InChI is InChI=1S/C16H20/c1-2-3-12-16(13-8-5-9-14-16)15-10-6-4-7-11-15/h4,6-7,10-11H,2,5,8-9,13-14H2,1H3. The van der Waals surface area contributed by atoms with Crippen LogP contribution in [0.1, 0.15) is 51.0 Å². The Bertz CT molecular complexity index is 371. The highest BCUT2D eigenvalue weighted by Crippen LogP contribution is 2.38. The first kappa shape index (κ1) is 11.3. The highest BCUT2D eigenvalue weighted by Gasteiger charge is 2.31. The minimum absolute atomic E-state index is 0.162. The highest BCUT2D eigenvalue weighted by atomic mass is 14.3. The van der Waals surface area contributed by atoms with Gasteiger partial charge in [-0.3, -0.25) is 0 Å². The van der Waals surface area contributed by atoms with Crippen molar-refractivity contribution < 1.29 is 0 Å². The average molecular weight is 212 g/mol. The van der Waals surface area contributed by atoms with Gasteiger partial charge < -0.3 is 0 Å². The molecule has 0 atom stereocenters. The van der Waals surface area contributed by atoms with E-state index in [1.165, 1.54) is 37.7 Å². The minimum atomic E-state index is 0.162. The van der Waals surface area contributed by atoms with Crippen molar-refractivity contribution in [3.8, 4) is 11.8 Å². The van der Waals surface area contributed by atoms with Gasteiger partial charge in [0.15, 0.2) is 0 Å². The zero-order valence-electron chi connectivity index (χ0n) is 10.1. The van der Waals surface area contributed by atoms with Crippen molar-refractivity contribution in [1.29, 1.82) is 0 Å². The SMILES string of the molecule is CCC#CC1(c2ccccc2)CCCCC1. The van der Waals surface area contributed by atoms with E-state index in [9.17, 15) is 0 Å². The largest absolute Gasteiger partial charge is 0.103 e. The molecule has 0 amide bonds. The molecule has 84 valence electrons. The van der Waals surface area contributed by atoms with Crippen LogP contribution in [-0.2, 0) is 5.41 Å². The van der Waals surface area contributed by atoms with Gasteiger partial charge in [-0.15, -0.1) is 5.92 Å². The summed E-state index contributed by atoms with van der Waals surface area (Å²) in [4.78, 5) is 0. The topological polar surface area (TPSA) is 0 Å². The van der Waals surface area contributed by atoms with E-state index in [-0.39, 0.29) is 5.41 Å². The molecule has 0 saturated heterocycles. The molecule has 1 aromatic rings. The molecule has 0 spiro atoms. The monoisotopic (exact) mass is 212 g/mol. The fourth-order valence-corrected chi connectivity index (χ4v) is 2.66. The van der Waals surface area contributed by atoms with E-state index in [4.69, 9.17) is 0 Å². The van der Waals surface area contributed by atoms with Crippen LogP contribution in [0.4, 0.5) is 0 Å². The van der Waals surface area contributed by atoms with Gasteiger partial charge in [-0.25, -0.2) is 0 Å². The second-order valence-electron chi connectivity index (χ2n) is 4.66. The predicted octanol–water partition coefficient (Wildman–Crippen LogP) is 4.30. The van der Waals surface area contributed by atoms with Gasteiger partial charge in [0.2, 0.25) is 0 Å². The maximum atomic E-state index is 3.55. The van der Waals surface area contributed by atoms with Crippen LogP contribution in [0.2, 0.25) is 0 Å². The average Bonchev–Trinajstić information content (AvgIpc) is 2.38. The molecule has 0 N–H and O–H groups in total. The molecule has 0 nitrogen and oxygen atoms in total. The molecule has 0 heteroatoms. The molecule has 1 saturated carbocycles. The summed E-state index contributed by atoms with van der Waals surface area (Å²) < 4.78 is 0. The Morgan fingerprint density at radius 1 is 1.06 bits per heavy atom. The summed E-state index contributed by atoms with van der Waals surface area (Å²) in [7, 11) is 0. The first-order valence-electron chi connectivity index (χ1n) is 6.43. The summed E-state index contributed by atoms with van der Waals surface area (Å²) in [6.45, 7) is 2.13. The Labute approximate surface area is 99.1 Å². The molecule has 1 aromatic carbocycles. The summed E-state index contributed by atoms with van der Waals surface area (Å²) in [6.07, 6.45) is 7.48. The van der Waals surface area contributed by atoms with Crippen LogP contribution in [0.15, 0.2) is 30.3 Å². The molecule has 0 heterocycles. The molecule has 1 aliphatic carbocycles. The smallest absolute Gasteiger partial charge is 0.0562 e. The Balaban J connectivity index is 2.34. The van der Waals surface area contributed by atoms with E-state index in [2.05, 4.69) is 49.1 Å². The van der Waals surface area contributed by atoms with Crippen molar-refractivity contribution >= 4 is 0 Å². The van der Waals surface area contributed by atoms with Crippen LogP contribution >= 0.6 is 0 Å². The lowest BCUT2D eigenvalue weighted by atomic mass is 9.70. The third-order valence-corrected chi connectivity index (χ3v) is 3.54. The second-order valence-corrected chi connectivity index (χ2v) is 4.66. The maximum absolute atomic E-state index is 3.55. The molecule has 0 unspecified atom stereocenters. The number of hydrogen-bond donors (Lipinski definition) is 0. The van der Waals surface area contributed by atoms with Crippen molar-refractivity contribution in [3.63, 3.8) is 0 Å². The first-order valence-corrected chi connectivity index (χ1v) is 6.43. The van der Waals surface area contributed by atoms with Gasteiger partial charge in [-0.2, -0.15) is 0 Å². The fourth-order valence-electron chi connectivity index (χ4n) is 2.66. The molecular formula is C16H20. The Kier molecular flexibility index (Phi) is 3.67. The van der Waals surface area contributed by atoms with Crippen LogP contribution in [0.3, 0.4) is 0 Å². The van der Waals surface area contributed by atoms with Crippen LogP contribution in [0, 0.1) is 11.8 Å². The normalized spacial score (nSPS) is 18.6. The number of rotatable bonds is 1. The predicted molar refractivity (Wildman–Crippen MR) is 69.3 cm³/mol. The van der Waals surface area contributed by atoms with E-state index in [1.807, 2.05) is 0 Å². The lowest BCUT2D eigenvalue weighted by Gasteiger charge is -2.33. The Hall–Kier alpha value is -1.22. The summed E-state index contributed by atoms with van der Waals surface area (Å²) >= 11 is 0.